The van der Waals surface area contributed by atoms with Crippen LogP contribution in [-0.2, 0) is 20.7 Å². The van der Waals surface area contributed by atoms with Gasteiger partial charge in [-0.3, -0.25) is 0 Å². The van der Waals surface area contributed by atoms with Gasteiger partial charge >= 0.3 is 5.97 Å². The third-order valence-corrected chi connectivity index (χ3v) is 2.61. The fourth-order valence-electron chi connectivity index (χ4n) is 1.69. The molecule has 106 valence electrons. The fraction of sp³-hybridized carbons (Fsp3) is 0.533. The lowest BCUT2D eigenvalue weighted by Gasteiger charge is -2.06. The van der Waals surface area contributed by atoms with Crippen LogP contribution in [0.3, 0.4) is 0 Å². The van der Waals surface area contributed by atoms with Crippen LogP contribution in [0.4, 0.5) is 0 Å². The molecule has 0 aliphatic rings. The molecule has 0 fully saturated rings. The van der Waals surface area contributed by atoms with Crippen LogP contribution in [0.25, 0.3) is 0 Å². The van der Waals surface area contributed by atoms with Gasteiger partial charge in [0.1, 0.15) is 6.61 Å². The van der Waals surface area contributed by atoms with Gasteiger partial charge in [-0.25, -0.2) is 4.79 Å². The molecule has 1 rings (SSSR count). The smallest absolute Gasteiger partial charge is 0.332 e. The Balaban J connectivity index is 1.88. The summed E-state index contributed by atoms with van der Waals surface area (Å²) in [6.07, 6.45) is 2.18. The molecule has 1 aromatic carbocycles. The second kappa shape index (κ2) is 10.5. The van der Waals surface area contributed by atoms with E-state index in [1.807, 2.05) is 6.07 Å². The number of rotatable bonds is 10. The zero-order valence-corrected chi connectivity index (χ0v) is 11.6. The maximum Gasteiger partial charge on any atom is 0.332 e. The van der Waals surface area contributed by atoms with E-state index in [9.17, 15) is 4.79 Å². The van der Waals surface area contributed by atoms with E-state index in [1.165, 1.54) is 5.56 Å². The van der Waals surface area contributed by atoms with E-state index in [0.29, 0.717) is 13.2 Å². The lowest BCUT2D eigenvalue weighted by molar-refractivity contribution is -0.148. The van der Waals surface area contributed by atoms with Crippen molar-refractivity contribution in [3.63, 3.8) is 0 Å². The molecule has 0 heterocycles. The zero-order valence-electron chi connectivity index (χ0n) is 11.6. The number of hydrogen-bond donors (Lipinski definition) is 1. The molecule has 0 bridgehead atoms. The van der Waals surface area contributed by atoms with Crippen molar-refractivity contribution in [2.75, 3.05) is 32.9 Å². The van der Waals surface area contributed by atoms with Crippen LogP contribution in [0.2, 0.25) is 0 Å². The van der Waals surface area contributed by atoms with E-state index in [1.54, 1.807) is 6.92 Å². The van der Waals surface area contributed by atoms with E-state index >= 15 is 0 Å². The van der Waals surface area contributed by atoms with Gasteiger partial charge in [0.2, 0.25) is 0 Å². The molecule has 0 amide bonds. The number of esters is 1. The predicted octanol–water partition coefficient (Wildman–Crippen LogP) is 1.79. The number of benzene rings is 1. The molecule has 0 atom stereocenters. The second-order valence-electron chi connectivity index (χ2n) is 4.20. The van der Waals surface area contributed by atoms with Gasteiger partial charge in [-0.1, -0.05) is 30.3 Å². The van der Waals surface area contributed by atoms with Gasteiger partial charge in [-0.2, -0.15) is 0 Å². The fourth-order valence-corrected chi connectivity index (χ4v) is 1.69. The third-order valence-electron chi connectivity index (χ3n) is 2.61. The van der Waals surface area contributed by atoms with E-state index < -0.39 is 0 Å². The summed E-state index contributed by atoms with van der Waals surface area (Å²) >= 11 is 0. The lowest BCUT2D eigenvalue weighted by atomic mass is 10.1. The lowest BCUT2D eigenvalue weighted by Crippen LogP contribution is -2.23. The summed E-state index contributed by atoms with van der Waals surface area (Å²) in [5, 5.41) is 3.28. The Bertz CT molecular complexity index is 341. The highest BCUT2D eigenvalue weighted by molar-refractivity contribution is 5.70. The SMILES string of the molecule is CCOC(=O)COCCNCCCc1ccccc1. The van der Waals surface area contributed by atoms with Crippen molar-refractivity contribution in [1.82, 2.24) is 5.32 Å². The number of carbonyl (C=O) groups excluding carboxylic acids is 1. The monoisotopic (exact) mass is 265 g/mol. The zero-order chi connectivity index (χ0) is 13.8. The van der Waals surface area contributed by atoms with Crippen LogP contribution in [0, 0.1) is 0 Å². The van der Waals surface area contributed by atoms with Crippen molar-refractivity contribution in [2.24, 2.45) is 0 Å². The maximum atomic E-state index is 11.0. The molecule has 1 N–H and O–H groups in total. The maximum absolute atomic E-state index is 11.0. The van der Waals surface area contributed by atoms with Gasteiger partial charge in [0, 0.05) is 6.54 Å². The molecule has 1 aromatic rings. The molecule has 0 aromatic heterocycles. The minimum Gasteiger partial charge on any atom is -0.464 e. The third kappa shape index (κ3) is 8.35. The summed E-state index contributed by atoms with van der Waals surface area (Å²) in [6, 6.07) is 10.4. The molecule has 0 radical (unpaired) electrons. The van der Waals surface area contributed by atoms with Gasteiger partial charge in [0.15, 0.2) is 0 Å². The molecule has 0 saturated heterocycles. The van der Waals surface area contributed by atoms with Crippen molar-refractivity contribution >= 4 is 5.97 Å². The van der Waals surface area contributed by atoms with Crippen molar-refractivity contribution in [3.8, 4) is 0 Å². The molecule has 4 heteroatoms. The molecule has 19 heavy (non-hydrogen) atoms. The van der Waals surface area contributed by atoms with Crippen LogP contribution in [-0.4, -0.2) is 38.9 Å². The summed E-state index contributed by atoms with van der Waals surface area (Å²) in [6.45, 7) is 4.47. The van der Waals surface area contributed by atoms with Crippen LogP contribution in [0.15, 0.2) is 30.3 Å². The topological polar surface area (TPSA) is 47.6 Å². The van der Waals surface area contributed by atoms with Gasteiger partial charge in [-0.05, 0) is 31.9 Å². The first-order valence-electron chi connectivity index (χ1n) is 6.81. The summed E-state index contributed by atoms with van der Waals surface area (Å²) in [5.41, 5.74) is 1.36. The number of ether oxygens (including phenoxy) is 2. The van der Waals surface area contributed by atoms with Gasteiger partial charge in [0.05, 0.1) is 13.2 Å². The Morgan fingerprint density at radius 1 is 1.21 bits per heavy atom. The second-order valence-corrected chi connectivity index (χ2v) is 4.20. The van der Waals surface area contributed by atoms with Gasteiger partial charge in [-0.15, -0.1) is 0 Å². The van der Waals surface area contributed by atoms with Crippen LogP contribution >= 0.6 is 0 Å². The Morgan fingerprint density at radius 3 is 2.74 bits per heavy atom. The molecular formula is C15H23NO3. The van der Waals surface area contributed by atoms with E-state index in [2.05, 4.69) is 29.6 Å². The first-order valence-corrected chi connectivity index (χ1v) is 6.81. The Kier molecular flexibility index (Phi) is 8.68. The predicted molar refractivity (Wildman–Crippen MR) is 75.1 cm³/mol. The van der Waals surface area contributed by atoms with Crippen molar-refractivity contribution in [1.29, 1.82) is 0 Å². The standard InChI is InChI=1S/C15H23NO3/c1-2-19-15(17)13-18-12-11-16-10-6-9-14-7-4-3-5-8-14/h3-5,7-8,16H,2,6,9-13H2,1H3. The Hall–Kier alpha value is -1.39. The molecule has 4 nitrogen and oxygen atoms in total. The number of hydrogen-bond acceptors (Lipinski definition) is 4. The molecular weight excluding hydrogens is 242 g/mol. The van der Waals surface area contributed by atoms with Crippen LogP contribution in [0.5, 0.6) is 0 Å². The number of aryl methyl sites for hydroxylation is 1. The van der Waals surface area contributed by atoms with E-state index in [-0.39, 0.29) is 12.6 Å². The summed E-state index contributed by atoms with van der Waals surface area (Å²) in [7, 11) is 0. The van der Waals surface area contributed by atoms with Crippen LogP contribution < -0.4 is 5.32 Å². The van der Waals surface area contributed by atoms with E-state index in [4.69, 9.17) is 9.47 Å². The molecule has 0 unspecified atom stereocenters. The minimum atomic E-state index is -0.299. The highest BCUT2D eigenvalue weighted by atomic mass is 16.6. The minimum absolute atomic E-state index is 0.0412. The first kappa shape index (κ1) is 15.7. The van der Waals surface area contributed by atoms with Crippen molar-refractivity contribution in [3.05, 3.63) is 35.9 Å². The number of nitrogens with one attached hydrogen (secondary N) is 1. The highest BCUT2D eigenvalue weighted by Gasteiger charge is 2.00. The first-order chi connectivity index (χ1) is 9.33. The van der Waals surface area contributed by atoms with Crippen LogP contribution in [0.1, 0.15) is 18.9 Å². The average Bonchev–Trinajstić information content (AvgIpc) is 2.43. The number of carbonyl (C=O) groups is 1. The summed E-state index contributed by atoms with van der Waals surface area (Å²) in [5.74, 6) is -0.299. The quantitative estimate of drug-likeness (QED) is 0.517. The average molecular weight is 265 g/mol. The Morgan fingerprint density at radius 2 is 2.00 bits per heavy atom. The summed E-state index contributed by atoms with van der Waals surface area (Å²) in [4.78, 5) is 11.0. The van der Waals surface area contributed by atoms with Crippen molar-refractivity contribution < 1.29 is 14.3 Å². The van der Waals surface area contributed by atoms with E-state index in [0.717, 1.165) is 25.9 Å². The van der Waals surface area contributed by atoms with Gasteiger partial charge in [0.25, 0.3) is 0 Å². The molecule has 0 spiro atoms. The largest absolute Gasteiger partial charge is 0.464 e. The summed E-state index contributed by atoms with van der Waals surface area (Å²) < 4.78 is 9.93. The highest BCUT2D eigenvalue weighted by Crippen LogP contribution is 2.01. The molecule has 0 aliphatic heterocycles. The molecule has 0 aliphatic carbocycles. The van der Waals surface area contributed by atoms with Crippen molar-refractivity contribution in [2.45, 2.75) is 19.8 Å². The normalized spacial score (nSPS) is 10.4. The van der Waals surface area contributed by atoms with Gasteiger partial charge < -0.3 is 14.8 Å². The molecule has 0 saturated carbocycles. The Labute approximate surface area is 115 Å².